The van der Waals surface area contributed by atoms with E-state index in [1.54, 1.807) is 6.20 Å². The predicted molar refractivity (Wildman–Crippen MR) is 101 cm³/mol. The van der Waals surface area contributed by atoms with Crippen molar-refractivity contribution in [1.29, 1.82) is 0 Å². The lowest BCUT2D eigenvalue weighted by Crippen LogP contribution is -2.38. The van der Waals surface area contributed by atoms with Crippen LogP contribution in [0, 0.1) is 5.92 Å². The van der Waals surface area contributed by atoms with Crippen LogP contribution < -0.4 is 0 Å². The Balaban J connectivity index is 1.47. The van der Waals surface area contributed by atoms with Gasteiger partial charge in [0.1, 0.15) is 5.69 Å². The molecule has 132 valence electrons. The molecule has 0 bridgehead atoms. The van der Waals surface area contributed by atoms with E-state index in [4.69, 9.17) is 0 Å². The molecule has 1 N–H and O–H groups in total. The Hall–Kier alpha value is -2.79. The highest BCUT2D eigenvalue weighted by Crippen LogP contribution is 2.25. The number of carbonyl (C=O) groups is 1. The third kappa shape index (κ3) is 3.58. The van der Waals surface area contributed by atoms with Crippen molar-refractivity contribution in [1.82, 2.24) is 20.1 Å². The first-order valence-corrected chi connectivity index (χ1v) is 9.06. The van der Waals surface area contributed by atoms with E-state index in [1.165, 1.54) is 5.56 Å². The van der Waals surface area contributed by atoms with Crippen LogP contribution in [-0.4, -0.2) is 39.0 Å². The molecule has 0 radical (unpaired) electrons. The molecule has 3 heterocycles. The summed E-state index contributed by atoms with van der Waals surface area (Å²) in [5, 5.41) is 7.35. The quantitative estimate of drug-likeness (QED) is 0.718. The molecular weight excluding hydrogens is 324 g/mol. The molecule has 0 spiro atoms. The van der Waals surface area contributed by atoms with E-state index in [-0.39, 0.29) is 11.7 Å². The van der Waals surface area contributed by atoms with Gasteiger partial charge in [0.2, 0.25) is 0 Å². The van der Waals surface area contributed by atoms with Crippen molar-refractivity contribution in [2.24, 2.45) is 5.92 Å². The van der Waals surface area contributed by atoms with Crippen molar-refractivity contribution >= 4 is 5.78 Å². The van der Waals surface area contributed by atoms with E-state index < -0.39 is 0 Å². The average molecular weight is 346 g/mol. The number of pyridine rings is 1. The van der Waals surface area contributed by atoms with Gasteiger partial charge in [-0.2, -0.15) is 5.10 Å². The fourth-order valence-electron chi connectivity index (χ4n) is 3.66. The minimum absolute atomic E-state index is 0.0192. The summed E-state index contributed by atoms with van der Waals surface area (Å²) in [6, 6.07) is 15.8. The first-order valence-electron chi connectivity index (χ1n) is 9.06. The normalized spacial score (nSPS) is 17.9. The molecule has 1 aliphatic heterocycles. The number of aromatic amines is 1. The maximum Gasteiger partial charge on any atom is 0.185 e. The first-order chi connectivity index (χ1) is 12.8. The zero-order chi connectivity index (χ0) is 17.8. The summed E-state index contributed by atoms with van der Waals surface area (Å²) < 4.78 is 0. The van der Waals surface area contributed by atoms with E-state index in [0.717, 1.165) is 43.7 Å². The number of carbonyl (C=O) groups excluding carboxylic acids is 1. The number of benzene rings is 1. The van der Waals surface area contributed by atoms with Gasteiger partial charge in [-0.05, 0) is 37.1 Å². The van der Waals surface area contributed by atoms with E-state index >= 15 is 0 Å². The van der Waals surface area contributed by atoms with Gasteiger partial charge >= 0.3 is 0 Å². The fourth-order valence-corrected chi connectivity index (χ4v) is 3.66. The molecule has 1 atom stereocenters. The second kappa shape index (κ2) is 7.62. The summed E-state index contributed by atoms with van der Waals surface area (Å²) in [7, 11) is 0. The Bertz CT molecular complexity index is 860. The average Bonchev–Trinajstić information content (AvgIpc) is 3.17. The SMILES string of the molecule is O=C(c1ccccn1)C1CCCN(Cc2cn[nH]c2-c2ccccc2)C1. The summed E-state index contributed by atoms with van der Waals surface area (Å²) >= 11 is 0. The third-order valence-electron chi connectivity index (χ3n) is 4.97. The number of aromatic nitrogens is 3. The molecule has 1 aromatic carbocycles. The van der Waals surface area contributed by atoms with E-state index in [2.05, 4.69) is 32.2 Å². The number of Topliss-reactive ketones (excluding diaryl/α,β-unsaturated/α-hetero) is 1. The van der Waals surface area contributed by atoms with Crippen LogP contribution in [-0.2, 0) is 6.54 Å². The summed E-state index contributed by atoms with van der Waals surface area (Å²) in [6.45, 7) is 2.58. The van der Waals surface area contributed by atoms with Crippen LogP contribution in [0.1, 0.15) is 28.9 Å². The van der Waals surface area contributed by atoms with E-state index in [9.17, 15) is 4.79 Å². The highest BCUT2D eigenvalue weighted by molar-refractivity contribution is 5.96. The van der Waals surface area contributed by atoms with Crippen LogP contribution in [0.2, 0.25) is 0 Å². The number of hydrogen-bond donors (Lipinski definition) is 1. The van der Waals surface area contributed by atoms with Crippen LogP contribution in [0.15, 0.2) is 60.9 Å². The minimum atomic E-state index is 0.0192. The number of nitrogens with one attached hydrogen (secondary N) is 1. The van der Waals surface area contributed by atoms with E-state index in [0.29, 0.717) is 5.69 Å². The van der Waals surface area contributed by atoms with Gasteiger partial charge in [0.25, 0.3) is 0 Å². The monoisotopic (exact) mass is 346 g/mol. The first kappa shape index (κ1) is 16.7. The largest absolute Gasteiger partial charge is 0.298 e. The molecule has 2 aromatic heterocycles. The van der Waals surface area contributed by atoms with Crippen LogP contribution in [0.4, 0.5) is 0 Å². The van der Waals surface area contributed by atoms with E-state index in [1.807, 2.05) is 42.6 Å². The zero-order valence-corrected chi connectivity index (χ0v) is 14.6. The Kier molecular flexibility index (Phi) is 4.88. The van der Waals surface area contributed by atoms with Gasteiger partial charge < -0.3 is 0 Å². The molecule has 26 heavy (non-hydrogen) atoms. The number of nitrogens with zero attached hydrogens (tertiary/aromatic N) is 3. The molecule has 0 aliphatic carbocycles. The van der Waals surface area contributed by atoms with Gasteiger partial charge in [0.05, 0.1) is 11.9 Å². The summed E-state index contributed by atoms with van der Waals surface area (Å²) in [5.41, 5.74) is 3.94. The Morgan fingerprint density at radius 1 is 1.15 bits per heavy atom. The van der Waals surface area contributed by atoms with Gasteiger partial charge in [-0.15, -0.1) is 0 Å². The Morgan fingerprint density at radius 3 is 2.81 bits per heavy atom. The highest BCUT2D eigenvalue weighted by atomic mass is 16.1. The van der Waals surface area contributed by atoms with Crippen molar-refractivity contribution in [2.45, 2.75) is 19.4 Å². The van der Waals surface area contributed by atoms with Crippen molar-refractivity contribution in [3.8, 4) is 11.3 Å². The number of hydrogen-bond acceptors (Lipinski definition) is 4. The van der Waals surface area contributed by atoms with Crippen molar-refractivity contribution in [3.63, 3.8) is 0 Å². The maximum atomic E-state index is 12.7. The number of rotatable bonds is 5. The zero-order valence-electron chi connectivity index (χ0n) is 14.6. The summed E-state index contributed by atoms with van der Waals surface area (Å²) in [5.74, 6) is 0.177. The maximum absolute atomic E-state index is 12.7. The van der Waals surface area contributed by atoms with Gasteiger partial charge in [-0.1, -0.05) is 36.4 Å². The molecular formula is C21H22N4O. The van der Waals surface area contributed by atoms with Gasteiger partial charge in [-0.3, -0.25) is 19.8 Å². The topological polar surface area (TPSA) is 61.9 Å². The lowest BCUT2D eigenvalue weighted by atomic mass is 9.91. The van der Waals surface area contributed by atoms with Gasteiger partial charge in [0, 0.05) is 30.8 Å². The van der Waals surface area contributed by atoms with Crippen LogP contribution in [0.3, 0.4) is 0 Å². The molecule has 1 aliphatic rings. The summed E-state index contributed by atoms with van der Waals surface area (Å²) in [6.07, 6.45) is 5.54. The van der Waals surface area contributed by atoms with Crippen LogP contribution in [0.5, 0.6) is 0 Å². The Labute approximate surface area is 153 Å². The summed E-state index contributed by atoms with van der Waals surface area (Å²) in [4.78, 5) is 19.3. The molecule has 1 unspecified atom stereocenters. The minimum Gasteiger partial charge on any atom is -0.298 e. The smallest absolute Gasteiger partial charge is 0.185 e. The van der Waals surface area contributed by atoms with Gasteiger partial charge in [0.15, 0.2) is 5.78 Å². The van der Waals surface area contributed by atoms with Crippen molar-refractivity contribution < 1.29 is 4.79 Å². The Morgan fingerprint density at radius 2 is 2.00 bits per heavy atom. The number of piperidine rings is 1. The molecule has 3 aromatic rings. The van der Waals surface area contributed by atoms with Crippen molar-refractivity contribution in [2.75, 3.05) is 13.1 Å². The van der Waals surface area contributed by atoms with Crippen LogP contribution >= 0.6 is 0 Å². The molecule has 1 saturated heterocycles. The number of likely N-dealkylation sites (tertiary alicyclic amines) is 1. The number of H-pyrrole nitrogens is 1. The molecule has 5 nitrogen and oxygen atoms in total. The highest BCUT2D eigenvalue weighted by Gasteiger charge is 2.27. The predicted octanol–water partition coefficient (Wildman–Crippen LogP) is 3.57. The number of ketones is 1. The lowest BCUT2D eigenvalue weighted by molar-refractivity contribution is 0.0806. The molecule has 0 amide bonds. The van der Waals surface area contributed by atoms with Crippen LogP contribution in [0.25, 0.3) is 11.3 Å². The second-order valence-corrected chi connectivity index (χ2v) is 6.79. The molecule has 5 heteroatoms. The molecule has 1 fully saturated rings. The standard InChI is InChI=1S/C21H22N4O/c26-21(19-10-4-5-11-22-19)17-9-6-12-25(14-17)15-18-13-23-24-20(18)16-7-2-1-3-8-16/h1-5,7-8,10-11,13,17H,6,9,12,14-15H2,(H,23,24). The third-order valence-corrected chi connectivity index (χ3v) is 4.97. The van der Waals surface area contributed by atoms with Gasteiger partial charge in [-0.25, -0.2) is 0 Å². The molecule has 4 rings (SSSR count). The second-order valence-electron chi connectivity index (χ2n) is 6.79. The molecule has 0 saturated carbocycles. The fraction of sp³-hybridized carbons (Fsp3) is 0.286. The lowest BCUT2D eigenvalue weighted by Gasteiger charge is -2.31. The van der Waals surface area contributed by atoms with Crippen molar-refractivity contribution in [3.05, 3.63) is 72.2 Å².